The first-order chi connectivity index (χ1) is 7.16. The Kier molecular flexibility index (Phi) is 2.04. The summed E-state index contributed by atoms with van der Waals surface area (Å²) >= 11 is 0. The number of benzene rings is 1. The SMILES string of the molecule is C/C(=N\N)C1=C(O)c2ccccc2C1=O. The number of aliphatic hydroxyl groups is 1. The topological polar surface area (TPSA) is 75.7 Å². The van der Waals surface area contributed by atoms with Gasteiger partial charge in [0.1, 0.15) is 5.76 Å². The number of nitrogens with two attached hydrogens (primary N) is 1. The fourth-order valence-corrected chi connectivity index (χ4v) is 1.66. The molecule has 0 saturated carbocycles. The maximum Gasteiger partial charge on any atom is 0.199 e. The van der Waals surface area contributed by atoms with E-state index >= 15 is 0 Å². The largest absolute Gasteiger partial charge is 0.506 e. The highest BCUT2D eigenvalue weighted by molar-refractivity contribution is 6.35. The Morgan fingerprint density at radius 3 is 2.47 bits per heavy atom. The molecule has 0 spiro atoms. The van der Waals surface area contributed by atoms with E-state index in [2.05, 4.69) is 5.10 Å². The molecule has 76 valence electrons. The van der Waals surface area contributed by atoms with Crippen molar-refractivity contribution >= 4 is 17.3 Å². The molecule has 0 saturated heterocycles. The van der Waals surface area contributed by atoms with E-state index in [1.807, 2.05) is 0 Å². The Bertz CT molecular complexity index is 501. The van der Waals surface area contributed by atoms with Crippen molar-refractivity contribution in [3.05, 3.63) is 41.0 Å². The summed E-state index contributed by atoms with van der Waals surface area (Å²) in [6.45, 7) is 1.59. The molecule has 0 aromatic heterocycles. The van der Waals surface area contributed by atoms with E-state index in [9.17, 15) is 9.90 Å². The van der Waals surface area contributed by atoms with Gasteiger partial charge < -0.3 is 10.9 Å². The molecule has 1 aliphatic carbocycles. The predicted molar refractivity (Wildman–Crippen MR) is 57.6 cm³/mol. The van der Waals surface area contributed by atoms with Crippen molar-refractivity contribution in [1.29, 1.82) is 0 Å². The first-order valence-corrected chi connectivity index (χ1v) is 4.49. The first-order valence-electron chi connectivity index (χ1n) is 4.49. The van der Waals surface area contributed by atoms with Crippen LogP contribution in [0.25, 0.3) is 5.76 Å². The van der Waals surface area contributed by atoms with Crippen LogP contribution in [-0.2, 0) is 0 Å². The third-order valence-electron chi connectivity index (χ3n) is 2.45. The maximum atomic E-state index is 11.9. The van der Waals surface area contributed by atoms with Gasteiger partial charge in [-0.3, -0.25) is 4.79 Å². The molecule has 0 amide bonds. The predicted octanol–water partition coefficient (Wildman–Crippen LogP) is 1.49. The zero-order valence-electron chi connectivity index (χ0n) is 8.19. The minimum atomic E-state index is -0.227. The minimum Gasteiger partial charge on any atom is -0.506 e. The van der Waals surface area contributed by atoms with Crippen molar-refractivity contribution in [2.75, 3.05) is 0 Å². The average Bonchev–Trinajstić information content (AvgIpc) is 2.52. The molecule has 0 unspecified atom stereocenters. The average molecular weight is 202 g/mol. The molecule has 15 heavy (non-hydrogen) atoms. The minimum absolute atomic E-state index is 0.0395. The number of aliphatic hydroxyl groups excluding tert-OH is 1. The van der Waals surface area contributed by atoms with Crippen LogP contribution in [0, 0.1) is 0 Å². The molecule has 2 rings (SSSR count). The molecule has 0 atom stereocenters. The van der Waals surface area contributed by atoms with Crippen LogP contribution in [0.4, 0.5) is 0 Å². The van der Waals surface area contributed by atoms with Gasteiger partial charge in [0.15, 0.2) is 5.78 Å². The van der Waals surface area contributed by atoms with Crippen LogP contribution in [0.3, 0.4) is 0 Å². The Morgan fingerprint density at radius 2 is 1.93 bits per heavy atom. The van der Waals surface area contributed by atoms with Crippen LogP contribution in [0.2, 0.25) is 0 Å². The lowest BCUT2D eigenvalue weighted by Gasteiger charge is -1.98. The number of hydrogen-bond acceptors (Lipinski definition) is 4. The molecule has 4 heteroatoms. The zero-order chi connectivity index (χ0) is 11.0. The summed E-state index contributed by atoms with van der Waals surface area (Å²) in [6.07, 6.45) is 0. The van der Waals surface area contributed by atoms with Crippen LogP contribution >= 0.6 is 0 Å². The molecule has 0 bridgehead atoms. The van der Waals surface area contributed by atoms with Gasteiger partial charge in [-0.2, -0.15) is 5.10 Å². The Morgan fingerprint density at radius 1 is 1.33 bits per heavy atom. The smallest absolute Gasteiger partial charge is 0.199 e. The lowest BCUT2D eigenvalue weighted by Crippen LogP contribution is -2.09. The van der Waals surface area contributed by atoms with Crippen molar-refractivity contribution in [1.82, 2.24) is 0 Å². The third-order valence-corrected chi connectivity index (χ3v) is 2.45. The molecule has 1 aliphatic rings. The van der Waals surface area contributed by atoms with Gasteiger partial charge in [-0.05, 0) is 6.92 Å². The number of nitrogens with zero attached hydrogens (tertiary/aromatic N) is 1. The molecule has 1 aromatic carbocycles. The Hall–Kier alpha value is -2.10. The van der Waals surface area contributed by atoms with Crippen molar-refractivity contribution in [3.63, 3.8) is 0 Å². The quantitative estimate of drug-likeness (QED) is 0.411. The van der Waals surface area contributed by atoms with Crippen LogP contribution in [0.5, 0.6) is 0 Å². The lowest BCUT2D eigenvalue weighted by molar-refractivity contribution is 0.104. The van der Waals surface area contributed by atoms with Crippen molar-refractivity contribution < 1.29 is 9.90 Å². The Labute approximate surface area is 86.7 Å². The van der Waals surface area contributed by atoms with E-state index in [-0.39, 0.29) is 17.1 Å². The molecule has 1 aromatic rings. The number of carbonyl (C=O) groups is 1. The Balaban J connectivity index is 2.65. The summed E-state index contributed by atoms with van der Waals surface area (Å²) < 4.78 is 0. The summed E-state index contributed by atoms with van der Waals surface area (Å²) in [6, 6.07) is 6.88. The second kappa shape index (κ2) is 3.24. The van der Waals surface area contributed by atoms with Gasteiger partial charge in [0, 0.05) is 11.1 Å². The summed E-state index contributed by atoms with van der Waals surface area (Å²) in [7, 11) is 0. The molecule has 0 aliphatic heterocycles. The van der Waals surface area contributed by atoms with Crippen molar-refractivity contribution in [2.24, 2.45) is 10.9 Å². The van der Waals surface area contributed by atoms with E-state index in [0.29, 0.717) is 16.8 Å². The molecular formula is C11H10N2O2. The van der Waals surface area contributed by atoms with Gasteiger partial charge in [-0.15, -0.1) is 0 Å². The standard InChI is InChI=1S/C11H10N2O2/c1-6(13-12)9-10(14)7-4-2-3-5-8(7)11(9)15/h2-5,14H,12H2,1H3/b13-6+. The van der Waals surface area contributed by atoms with Gasteiger partial charge in [0.2, 0.25) is 0 Å². The number of hydrogen-bond donors (Lipinski definition) is 2. The van der Waals surface area contributed by atoms with E-state index in [1.165, 1.54) is 0 Å². The summed E-state index contributed by atoms with van der Waals surface area (Å²) in [5.74, 6) is 4.84. The fraction of sp³-hybridized carbons (Fsp3) is 0.0909. The molecular weight excluding hydrogens is 192 g/mol. The van der Waals surface area contributed by atoms with E-state index in [4.69, 9.17) is 5.84 Å². The maximum absolute atomic E-state index is 11.9. The molecule has 4 nitrogen and oxygen atoms in total. The fourth-order valence-electron chi connectivity index (χ4n) is 1.66. The van der Waals surface area contributed by atoms with Gasteiger partial charge in [0.25, 0.3) is 0 Å². The lowest BCUT2D eigenvalue weighted by atomic mass is 10.1. The van der Waals surface area contributed by atoms with E-state index in [0.717, 1.165) is 0 Å². The number of carbonyl (C=O) groups excluding carboxylic acids is 1. The number of rotatable bonds is 1. The summed E-state index contributed by atoms with van der Waals surface area (Å²) in [4.78, 5) is 11.9. The second-order valence-electron chi connectivity index (χ2n) is 3.31. The number of hydrazone groups is 1. The van der Waals surface area contributed by atoms with Crippen LogP contribution in [0.1, 0.15) is 22.8 Å². The zero-order valence-corrected chi connectivity index (χ0v) is 8.19. The number of fused-ring (bicyclic) bond motifs is 1. The normalized spacial score (nSPS) is 15.8. The summed E-state index contributed by atoms with van der Waals surface area (Å²) in [5, 5.41) is 13.3. The molecule has 0 radical (unpaired) electrons. The molecule has 3 N–H and O–H groups in total. The van der Waals surface area contributed by atoms with Crippen molar-refractivity contribution in [2.45, 2.75) is 6.92 Å². The molecule has 0 fully saturated rings. The highest BCUT2D eigenvalue weighted by Crippen LogP contribution is 2.31. The highest BCUT2D eigenvalue weighted by Gasteiger charge is 2.30. The number of allylic oxidation sites excluding steroid dienone is 1. The second-order valence-corrected chi connectivity index (χ2v) is 3.31. The van der Waals surface area contributed by atoms with E-state index in [1.54, 1.807) is 31.2 Å². The third kappa shape index (κ3) is 1.22. The monoisotopic (exact) mass is 202 g/mol. The van der Waals surface area contributed by atoms with Gasteiger partial charge in [0.05, 0.1) is 11.3 Å². The van der Waals surface area contributed by atoms with Crippen LogP contribution < -0.4 is 5.84 Å². The molecule has 0 heterocycles. The van der Waals surface area contributed by atoms with Gasteiger partial charge in [-0.25, -0.2) is 0 Å². The van der Waals surface area contributed by atoms with Crippen molar-refractivity contribution in [3.8, 4) is 0 Å². The number of ketones is 1. The van der Waals surface area contributed by atoms with Crippen LogP contribution in [0.15, 0.2) is 34.9 Å². The van der Waals surface area contributed by atoms with Gasteiger partial charge in [-0.1, -0.05) is 24.3 Å². The number of Topliss-reactive ketones (excluding diaryl/α,β-unsaturated/α-hetero) is 1. The van der Waals surface area contributed by atoms with E-state index < -0.39 is 0 Å². The summed E-state index contributed by atoms with van der Waals surface area (Å²) in [5.41, 5.74) is 1.57. The first kappa shape index (κ1) is 9.45. The van der Waals surface area contributed by atoms with Gasteiger partial charge >= 0.3 is 0 Å². The van der Waals surface area contributed by atoms with Crippen LogP contribution in [-0.4, -0.2) is 16.6 Å². The highest BCUT2D eigenvalue weighted by atomic mass is 16.3.